The Labute approximate surface area is 134 Å². The van der Waals surface area contributed by atoms with E-state index >= 15 is 0 Å². The zero-order chi connectivity index (χ0) is 18.4. The van der Waals surface area contributed by atoms with E-state index in [1.54, 1.807) is 0 Å². The highest BCUT2D eigenvalue weighted by atomic mass is 19.4. The van der Waals surface area contributed by atoms with Gasteiger partial charge in [-0.3, -0.25) is 0 Å². The molecular formula is C15H15F5O4. The lowest BCUT2D eigenvalue weighted by Crippen LogP contribution is -2.47. The second-order valence-corrected chi connectivity index (χ2v) is 5.78. The number of aromatic hydroxyl groups is 1. The third-order valence-corrected chi connectivity index (χ3v) is 4.56. The zero-order valence-electron chi connectivity index (χ0n) is 12.9. The van der Waals surface area contributed by atoms with Crippen molar-refractivity contribution in [3.63, 3.8) is 0 Å². The van der Waals surface area contributed by atoms with E-state index in [2.05, 4.69) is 4.74 Å². The Balaban J connectivity index is 2.61. The predicted molar refractivity (Wildman–Crippen MR) is 71.3 cm³/mol. The van der Waals surface area contributed by atoms with Crippen molar-refractivity contribution in [2.75, 3.05) is 7.11 Å². The van der Waals surface area contributed by atoms with Gasteiger partial charge in [0.1, 0.15) is 0 Å². The minimum absolute atomic E-state index is 0.357. The van der Waals surface area contributed by atoms with E-state index in [9.17, 15) is 31.9 Å². The fraction of sp³-hybridized carbons (Fsp3) is 0.533. The summed E-state index contributed by atoms with van der Waals surface area (Å²) in [6.07, 6.45) is -6.56. The van der Waals surface area contributed by atoms with Crippen molar-refractivity contribution in [1.82, 2.24) is 0 Å². The Bertz CT molecular complexity index is 660. The van der Waals surface area contributed by atoms with Crippen LogP contribution in [-0.2, 0) is 14.3 Å². The second-order valence-electron chi connectivity index (χ2n) is 5.78. The smallest absolute Gasteiger partial charge is 0.417 e. The fourth-order valence-electron chi connectivity index (χ4n) is 2.94. The molecule has 4 atom stereocenters. The number of benzene rings is 1. The molecule has 0 saturated carbocycles. The molecule has 1 aliphatic rings. The van der Waals surface area contributed by atoms with Gasteiger partial charge in [-0.25, -0.2) is 9.18 Å². The maximum absolute atomic E-state index is 13.6. The number of ether oxygens (including phenoxy) is 2. The molecule has 1 N–H and O–H groups in total. The number of esters is 1. The van der Waals surface area contributed by atoms with E-state index in [1.165, 1.54) is 0 Å². The van der Waals surface area contributed by atoms with E-state index in [-0.39, 0.29) is 5.56 Å². The van der Waals surface area contributed by atoms with Crippen molar-refractivity contribution in [3.8, 4) is 5.75 Å². The Hall–Kier alpha value is -1.90. The van der Waals surface area contributed by atoms with Gasteiger partial charge in [-0.05, 0) is 13.0 Å². The Morgan fingerprint density at radius 2 is 1.92 bits per heavy atom. The molecule has 1 aliphatic heterocycles. The molecule has 1 fully saturated rings. The van der Waals surface area contributed by atoms with Gasteiger partial charge in [0.2, 0.25) is 5.82 Å². The zero-order valence-corrected chi connectivity index (χ0v) is 12.9. The standard InChI is InChI=1S/C15H15F5O4/c1-6-9(7-4-5-8(16)10(17)11(7)21)12(13(22)23-3)24-14(6,2)15(18,19)20/h4-6,9,12,21H,1-3H3/t6-,9-,12+,14+/m1/s1. The normalized spacial score (nSPS) is 30.4. The van der Waals surface area contributed by atoms with Crippen LogP contribution >= 0.6 is 0 Å². The van der Waals surface area contributed by atoms with Crippen molar-refractivity contribution in [1.29, 1.82) is 0 Å². The van der Waals surface area contributed by atoms with Gasteiger partial charge >= 0.3 is 12.1 Å². The van der Waals surface area contributed by atoms with Crippen LogP contribution in [0.15, 0.2) is 12.1 Å². The molecule has 24 heavy (non-hydrogen) atoms. The van der Waals surface area contributed by atoms with Gasteiger partial charge in [-0.2, -0.15) is 17.6 Å². The first-order chi connectivity index (χ1) is 11.0. The average molecular weight is 354 g/mol. The first kappa shape index (κ1) is 18.4. The van der Waals surface area contributed by atoms with Gasteiger partial charge in [0.05, 0.1) is 7.11 Å². The molecule has 2 rings (SSSR count). The molecular weight excluding hydrogens is 339 g/mol. The number of alkyl halides is 3. The van der Waals surface area contributed by atoms with Gasteiger partial charge in [-0.1, -0.05) is 13.0 Å². The Kier molecular flexibility index (Phi) is 4.51. The lowest BCUT2D eigenvalue weighted by molar-refractivity contribution is -0.274. The lowest BCUT2D eigenvalue weighted by atomic mass is 9.77. The van der Waals surface area contributed by atoms with Gasteiger partial charge in [0.25, 0.3) is 0 Å². The van der Waals surface area contributed by atoms with Crippen LogP contribution in [0.4, 0.5) is 22.0 Å². The molecule has 0 unspecified atom stereocenters. The maximum atomic E-state index is 13.6. The van der Waals surface area contributed by atoms with Crippen molar-refractivity contribution in [2.24, 2.45) is 5.92 Å². The molecule has 134 valence electrons. The first-order valence-electron chi connectivity index (χ1n) is 6.95. The summed E-state index contributed by atoms with van der Waals surface area (Å²) in [7, 11) is 0.960. The van der Waals surface area contributed by atoms with Crippen LogP contribution in [0.5, 0.6) is 5.75 Å². The van der Waals surface area contributed by atoms with Crippen LogP contribution in [0.1, 0.15) is 25.3 Å². The summed E-state index contributed by atoms with van der Waals surface area (Å²) in [6.45, 7) is 1.91. The largest absolute Gasteiger partial charge is 0.505 e. The molecule has 0 aromatic heterocycles. The molecule has 0 bridgehead atoms. The molecule has 4 nitrogen and oxygen atoms in total. The molecule has 1 saturated heterocycles. The Morgan fingerprint density at radius 3 is 2.42 bits per heavy atom. The maximum Gasteiger partial charge on any atom is 0.417 e. The van der Waals surface area contributed by atoms with Crippen molar-refractivity contribution in [3.05, 3.63) is 29.3 Å². The van der Waals surface area contributed by atoms with Crippen molar-refractivity contribution < 1.29 is 41.3 Å². The van der Waals surface area contributed by atoms with Gasteiger partial charge in [0, 0.05) is 17.4 Å². The van der Waals surface area contributed by atoms with Crippen LogP contribution in [0, 0.1) is 17.6 Å². The number of hydrogen-bond acceptors (Lipinski definition) is 4. The topological polar surface area (TPSA) is 55.8 Å². The van der Waals surface area contributed by atoms with E-state index in [0.717, 1.165) is 27.0 Å². The van der Waals surface area contributed by atoms with Crippen LogP contribution in [0.3, 0.4) is 0 Å². The third-order valence-electron chi connectivity index (χ3n) is 4.56. The third kappa shape index (κ3) is 2.60. The number of carbonyl (C=O) groups excluding carboxylic acids is 1. The molecule has 0 aliphatic carbocycles. The van der Waals surface area contributed by atoms with Crippen LogP contribution in [0.2, 0.25) is 0 Å². The average Bonchev–Trinajstić information content (AvgIpc) is 2.78. The number of rotatable bonds is 2. The van der Waals surface area contributed by atoms with E-state index < -0.39 is 53.1 Å². The van der Waals surface area contributed by atoms with E-state index in [4.69, 9.17) is 4.74 Å². The van der Waals surface area contributed by atoms with Crippen molar-refractivity contribution in [2.45, 2.75) is 37.6 Å². The van der Waals surface area contributed by atoms with Crippen LogP contribution < -0.4 is 0 Å². The number of methoxy groups -OCH3 is 1. The summed E-state index contributed by atoms with van der Waals surface area (Å²) in [5.74, 6) is -7.99. The SMILES string of the molecule is COC(=O)[C@H]1O[C@](C)(C(F)(F)F)[C@H](C)[C@@H]1c1ccc(F)c(F)c1O. The van der Waals surface area contributed by atoms with Gasteiger partial charge < -0.3 is 14.6 Å². The minimum Gasteiger partial charge on any atom is -0.505 e. The first-order valence-corrected chi connectivity index (χ1v) is 6.95. The lowest BCUT2D eigenvalue weighted by Gasteiger charge is -2.31. The monoisotopic (exact) mass is 354 g/mol. The highest BCUT2D eigenvalue weighted by molar-refractivity contribution is 5.77. The summed E-state index contributed by atoms with van der Waals surface area (Å²) in [5.41, 5.74) is -3.09. The summed E-state index contributed by atoms with van der Waals surface area (Å²) < 4.78 is 76.4. The Morgan fingerprint density at radius 1 is 1.33 bits per heavy atom. The summed E-state index contributed by atoms with van der Waals surface area (Å²) in [4.78, 5) is 11.9. The summed E-state index contributed by atoms with van der Waals surface area (Å²) >= 11 is 0. The number of phenols is 1. The number of carbonyl (C=O) groups is 1. The van der Waals surface area contributed by atoms with Crippen molar-refractivity contribution >= 4 is 5.97 Å². The van der Waals surface area contributed by atoms with Gasteiger partial charge in [0.15, 0.2) is 23.3 Å². The summed E-state index contributed by atoms with van der Waals surface area (Å²) in [6, 6.07) is 1.59. The second kappa shape index (κ2) is 5.87. The van der Waals surface area contributed by atoms with E-state index in [0.29, 0.717) is 6.07 Å². The van der Waals surface area contributed by atoms with Gasteiger partial charge in [-0.15, -0.1) is 0 Å². The van der Waals surface area contributed by atoms with Crippen LogP contribution in [0.25, 0.3) is 0 Å². The quantitative estimate of drug-likeness (QED) is 0.654. The fourth-order valence-corrected chi connectivity index (χ4v) is 2.94. The molecule has 1 heterocycles. The number of hydrogen-bond donors (Lipinski definition) is 1. The number of halogens is 5. The highest BCUT2D eigenvalue weighted by Crippen LogP contribution is 2.54. The summed E-state index contributed by atoms with van der Waals surface area (Å²) in [5, 5.41) is 9.80. The molecule has 1 aromatic rings. The minimum atomic E-state index is -4.83. The predicted octanol–water partition coefficient (Wildman–Crippen LogP) is 3.28. The molecule has 0 spiro atoms. The van der Waals surface area contributed by atoms with Crippen LogP contribution in [-0.4, -0.2) is 36.1 Å². The highest BCUT2D eigenvalue weighted by Gasteiger charge is 2.66. The molecule has 1 aromatic carbocycles. The molecule has 9 heteroatoms. The molecule has 0 radical (unpaired) electrons. The number of phenolic OH excluding ortho intramolecular Hbond substituents is 1. The van der Waals surface area contributed by atoms with E-state index in [1.807, 2.05) is 0 Å². The molecule has 0 amide bonds.